The number of aliphatic hydroxyl groups is 1. The van der Waals surface area contributed by atoms with E-state index in [9.17, 15) is 23.5 Å². The summed E-state index contributed by atoms with van der Waals surface area (Å²) in [4.78, 5) is 27.2. The third-order valence-corrected chi connectivity index (χ3v) is 5.17. The summed E-state index contributed by atoms with van der Waals surface area (Å²) >= 11 is 0. The van der Waals surface area contributed by atoms with E-state index in [1.165, 1.54) is 53.4 Å². The lowest BCUT2D eigenvalue weighted by Crippen LogP contribution is -2.29. The van der Waals surface area contributed by atoms with Crippen molar-refractivity contribution in [1.82, 2.24) is 0 Å². The number of hydrogen-bond acceptors (Lipinski definition) is 4. The van der Waals surface area contributed by atoms with Crippen LogP contribution in [0.4, 0.5) is 14.5 Å². The third kappa shape index (κ3) is 3.85. The molecule has 0 aliphatic carbocycles. The Kier molecular flexibility index (Phi) is 5.73. The molecule has 1 aliphatic rings. The molecule has 1 N–H and O–H groups in total. The Morgan fingerprint density at radius 2 is 1.47 bits per heavy atom. The first-order chi connectivity index (χ1) is 15.4. The van der Waals surface area contributed by atoms with Gasteiger partial charge in [-0.2, -0.15) is 0 Å². The number of Topliss-reactive ketones (excluding diaryl/α,β-unsaturated/α-hetero) is 1. The Hall–Kier alpha value is -4.00. The fourth-order valence-electron chi connectivity index (χ4n) is 3.69. The van der Waals surface area contributed by atoms with Gasteiger partial charge in [0.05, 0.1) is 18.2 Å². The number of aliphatic hydroxyl groups excluding tert-OH is 1. The molecule has 1 aliphatic heterocycles. The van der Waals surface area contributed by atoms with Gasteiger partial charge in [-0.15, -0.1) is 0 Å². The number of nitrogens with zero attached hydrogens (tertiary/aromatic N) is 1. The number of rotatable bonds is 5. The standard InChI is InChI=1S/C25H19F2NO4/c1-2-32-20-13-5-16(6-14-20)23(29)21-22(15-3-7-17(26)8-4-15)28(25(31)24(21)30)19-11-9-18(27)10-12-19/h3-14,22,29H,2H2,1H3/b23-21+. The van der Waals surface area contributed by atoms with Crippen molar-refractivity contribution in [2.45, 2.75) is 13.0 Å². The minimum Gasteiger partial charge on any atom is -0.507 e. The van der Waals surface area contributed by atoms with Crippen LogP contribution >= 0.6 is 0 Å². The highest BCUT2D eigenvalue weighted by molar-refractivity contribution is 6.51. The molecule has 0 radical (unpaired) electrons. The molecule has 3 aromatic rings. The smallest absolute Gasteiger partial charge is 0.300 e. The molecule has 0 spiro atoms. The van der Waals surface area contributed by atoms with E-state index in [2.05, 4.69) is 0 Å². The predicted octanol–water partition coefficient (Wildman–Crippen LogP) is 4.99. The second-order valence-corrected chi connectivity index (χ2v) is 7.15. The fourth-order valence-corrected chi connectivity index (χ4v) is 3.69. The molecule has 1 atom stereocenters. The van der Waals surface area contributed by atoms with Gasteiger partial charge >= 0.3 is 0 Å². The second-order valence-electron chi connectivity index (χ2n) is 7.15. The summed E-state index contributed by atoms with van der Waals surface area (Å²) in [6.07, 6.45) is 0. The monoisotopic (exact) mass is 435 g/mol. The van der Waals surface area contributed by atoms with Crippen LogP contribution in [0.5, 0.6) is 5.75 Å². The maximum Gasteiger partial charge on any atom is 0.300 e. The van der Waals surface area contributed by atoms with Crippen LogP contribution in [0.3, 0.4) is 0 Å². The number of anilines is 1. The van der Waals surface area contributed by atoms with Crippen molar-refractivity contribution < 1.29 is 28.2 Å². The van der Waals surface area contributed by atoms with Crippen molar-refractivity contribution in [2.24, 2.45) is 0 Å². The van der Waals surface area contributed by atoms with E-state index in [0.29, 0.717) is 23.5 Å². The Bertz CT molecular complexity index is 1190. The van der Waals surface area contributed by atoms with Gasteiger partial charge in [0.2, 0.25) is 0 Å². The number of ketones is 1. The van der Waals surface area contributed by atoms with Gasteiger partial charge in [0, 0.05) is 11.3 Å². The average Bonchev–Trinajstić information content (AvgIpc) is 3.06. The molecule has 5 nitrogen and oxygen atoms in total. The van der Waals surface area contributed by atoms with E-state index >= 15 is 0 Å². The number of amides is 1. The minimum absolute atomic E-state index is 0.143. The maximum absolute atomic E-state index is 13.6. The van der Waals surface area contributed by atoms with Crippen LogP contribution < -0.4 is 9.64 Å². The van der Waals surface area contributed by atoms with Gasteiger partial charge in [-0.1, -0.05) is 12.1 Å². The van der Waals surface area contributed by atoms with Crippen LogP contribution in [-0.4, -0.2) is 23.4 Å². The predicted molar refractivity (Wildman–Crippen MR) is 115 cm³/mol. The quantitative estimate of drug-likeness (QED) is 0.348. The first-order valence-electron chi connectivity index (χ1n) is 9.96. The lowest BCUT2D eigenvalue weighted by atomic mass is 9.95. The lowest BCUT2D eigenvalue weighted by Gasteiger charge is -2.25. The average molecular weight is 435 g/mol. The number of ether oxygens (including phenoxy) is 1. The lowest BCUT2D eigenvalue weighted by molar-refractivity contribution is -0.132. The number of benzene rings is 3. The van der Waals surface area contributed by atoms with Crippen molar-refractivity contribution in [2.75, 3.05) is 11.5 Å². The zero-order chi connectivity index (χ0) is 22.8. The van der Waals surface area contributed by atoms with Gasteiger partial charge in [0.15, 0.2) is 0 Å². The molecule has 0 aromatic heterocycles. The highest BCUT2D eigenvalue weighted by Crippen LogP contribution is 2.42. The molecule has 32 heavy (non-hydrogen) atoms. The van der Waals surface area contributed by atoms with Crippen molar-refractivity contribution in [1.29, 1.82) is 0 Å². The summed E-state index contributed by atoms with van der Waals surface area (Å²) in [5.74, 6) is -2.54. The summed E-state index contributed by atoms with van der Waals surface area (Å²) in [5.41, 5.74) is 0.865. The molecule has 1 saturated heterocycles. The van der Waals surface area contributed by atoms with Gasteiger partial charge in [0.25, 0.3) is 11.7 Å². The first-order valence-corrected chi connectivity index (χ1v) is 9.96. The minimum atomic E-state index is -1.02. The molecule has 162 valence electrons. The highest BCUT2D eigenvalue weighted by Gasteiger charge is 2.46. The van der Waals surface area contributed by atoms with Gasteiger partial charge < -0.3 is 9.84 Å². The first kappa shape index (κ1) is 21.2. The molecule has 4 rings (SSSR count). The molecule has 3 aromatic carbocycles. The fraction of sp³-hybridized carbons (Fsp3) is 0.120. The van der Waals surface area contributed by atoms with Gasteiger partial charge in [-0.25, -0.2) is 8.78 Å². The molecule has 0 saturated carbocycles. The van der Waals surface area contributed by atoms with Crippen LogP contribution in [0, 0.1) is 11.6 Å². The number of carbonyl (C=O) groups excluding carboxylic acids is 2. The maximum atomic E-state index is 13.6. The number of carbonyl (C=O) groups is 2. The van der Waals surface area contributed by atoms with E-state index in [-0.39, 0.29) is 17.0 Å². The van der Waals surface area contributed by atoms with E-state index in [0.717, 1.165) is 0 Å². The van der Waals surface area contributed by atoms with E-state index in [1.54, 1.807) is 24.3 Å². The zero-order valence-corrected chi connectivity index (χ0v) is 17.1. The number of hydrogen-bond donors (Lipinski definition) is 1. The Morgan fingerprint density at radius 3 is 2.03 bits per heavy atom. The van der Waals surface area contributed by atoms with E-state index in [4.69, 9.17) is 4.74 Å². The molecule has 7 heteroatoms. The molecular formula is C25H19F2NO4. The van der Waals surface area contributed by atoms with Crippen LogP contribution in [0.25, 0.3) is 5.76 Å². The van der Waals surface area contributed by atoms with Gasteiger partial charge in [-0.05, 0) is 73.2 Å². The highest BCUT2D eigenvalue weighted by atomic mass is 19.1. The van der Waals surface area contributed by atoms with Crippen LogP contribution in [0.15, 0.2) is 78.4 Å². The Balaban J connectivity index is 1.88. The van der Waals surface area contributed by atoms with Crippen LogP contribution in [0.1, 0.15) is 24.1 Å². The topological polar surface area (TPSA) is 66.8 Å². The van der Waals surface area contributed by atoms with E-state index < -0.39 is 29.4 Å². The molecular weight excluding hydrogens is 416 g/mol. The normalized spacial score (nSPS) is 17.6. The summed E-state index contributed by atoms with van der Waals surface area (Å²) in [7, 11) is 0. The summed E-state index contributed by atoms with van der Waals surface area (Å²) in [5, 5.41) is 11.0. The van der Waals surface area contributed by atoms with Gasteiger partial charge in [0.1, 0.15) is 23.1 Å². The molecule has 1 unspecified atom stereocenters. The summed E-state index contributed by atoms with van der Waals surface area (Å²) in [6.45, 7) is 2.31. The van der Waals surface area contributed by atoms with Crippen molar-refractivity contribution in [3.63, 3.8) is 0 Å². The second kappa shape index (κ2) is 8.63. The molecule has 1 fully saturated rings. The molecule has 1 amide bonds. The Morgan fingerprint density at radius 1 is 0.906 bits per heavy atom. The summed E-state index contributed by atoms with van der Waals surface area (Å²) < 4.78 is 32.4. The van der Waals surface area contributed by atoms with Crippen LogP contribution in [0.2, 0.25) is 0 Å². The number of halogens is 2. The molecule has 0 bridgehead atoms. The molecule has 1 heterocycles. The van der Waals surface area contributed by atoms with Gasteiger partial charge in [-0.3, -0.25) is 14.5 Å². The van der Waals surface area contributed by atoms with Crippen LogP contribution in [-0.2, 0) is 9.59 Å². The van der Waals surface area contributed by atoms with E-state index in [1.807, 2.05) is 6.92 Å². The third-order valence-electron chi connectivity index (χ3n) is 5.17. The largest absolute Gasteiger partial charge is 0.507 e. The van der Waals surface area contributed by atoms with Crippen molar-refractivity contribution >= 4 is 23.1 Å². The Labute approximate surface area is 183 Å². The summed E-state index contributed by atoms with van der Waals surface area (Å²) in [6, 6.07) is 15.8. The SMILES string of the molecule is CCOc1ccc(/C(O)=C2\C(=O)C(=O)N(c3ccc(F)cc3)C2c2ccc(F)cc2)cc1. The van der Waals surface area contributed by atoms with Crippen molar-refractivity contribution in [3.8, 4) is 5.75 Å². The zero-order valence-electron chi connectivity index (χ0n) is 17.1. The van der Waals surface area contributed by atoms with Crippen molar-refractivity contribution in [3.05, 3.63) is 101 Å².